The Morgan fingerprint density at radius 3 is 3.25 bits per heavy atom. The number of nitrogens with zero attached hydrogens (tertiary/aromatic N) is 4. The number of oxazole rings is 1. The molecule has 0 atom stereocenters. The molecule has 1 aromatic carbocycles. The zero-order valence-electron chi connectivity index (χ0n) is 8.64. The lowest BCUT2D eigenvalue weighted by Gasteiger charge is -1.88. The van der Waals surface area contributed by atoms with Crippen LogP contribution < -0.4 is 0 Å². The number of benzene rings is 1. The summed E-state index contributed by atoms with van der Waals surface area (Å²) in [7, 11) is 0. The first-order chi connectivity index (χ1) is 7.79. The molecule has 0 N–H and O–H groups in total. The molecule has 78 valence electrons. The molecule has 2 rings (SSSR count). The highest BCUT2D eigenvalue weighted by Gasteiger charge is 2.01. The average Bonchev–Trinajstić information content (AvgIpc) is 2.64. The van der Waals surface area contributed by atoms with Crippen LogP contribution in [0.15, 0.2) is 27.7 Å². The quantitative estimate of drug-likeness (QED) is 0.315. The third-order valence-electron chi connectivity index (χ3n) is 1.94. The summed E-state index contributed by atoms with van der Waals surface area (Å²) in [6.07, 6.45) is 0. The smallest absolute Gasteiger partial charge is 0.192 e. The SMILES string of the molecule is Cc1nc2cc(C#CCN=[N+]=[N-])ccc2o1. The minimum absolute atomic E-state index is 0.173. The van der Waals surface area contributed by atoms with Crippen molar-refractivity contribution >= 4 is 11.1 Å². The number of hydrogen-bond donors (Lipinski definition) is 0. The summed E-state index contributed by atoms with van der Waals surface area (Å²) < 4.78 is 5.34. The maximum Gasteiger partial charge on any atom is 0.192 e. The van der Waals surface area contributed by atoms with Crippen molar-refractivity contribution in [2.75, 3.05) is 6.54 Å². The molecular weight excluding hydrogens is 204 g/mol. The second-order valence-electron chi connectivity index (χ2n) is 3.11. The van der Waals surface area contributed by atoms with Crippen molar-refractivity contribution in [2.45, 2.75) is 6.92 Å². The van der Waals surface area contributed by atoms with Crippen LogP contribution >= 0.6 is 0 Å². The molecule has 1 heterocycles. The summed E-state index contributed by atoms with van der Waals surface area (Å²) in [5.74, 6) is 6.26. The highest BCUT2D eigenvalue weighted by Crippen LogP contribution is 2.15. The van der Waals surface area contributed by atoms with Crippen LogP contribution in [-0.4, -0.2) is 11.5 Å². The third-order valence-corrected chi connectivity index (χ3v) is 1.94. The number of rotatable bonds is 1. The number of aryl methyl sites for hydroxylation is 1. The summed E-state index contributed by atoms with van der Waals surface area (Å²) in [6.45, 7) is 1.97. The summed E-state index contributed by atoms with van der Waals surface area (Å²) in [6, 6.07) is 5.51. The van der Waals surface area contributed by atoms with Crippen molar-refractivity contribution in [1.29, 1.82) is 0 Å². The average molecular weight is 212 g/mol. The monoisotopic (exact) mass is 212 g/mol. The van der Waals surface area contributed by atoms with Crippen LogP contribution in [0.5, 0.6) is 0 Å². The van der Waals surface area contributed by atoms with E-state index >= 15 is 0 Å². The van der Waals surface area contributed by atoms with Gasteiger partial charge in [-0.25, -0.2) is 4.98 Å². The van der Waals surface area contributed by atoms with Gasteiger partial charge in [-0.3, -0.25) is 0 Å². The number of aromatic nitrogens is 1. The highest BCUT2D eigenvalue weighted by molar-refractivity contribution is 5.74. The summed E-state index contributed by atoms with van der Waals surface area (Å²) in [5, 5.41) is 3.33. The van der Waals surface area contributed by atoms with Crippen molar-refractivity contribution in [3.8, 4) is 11.8 Å². The van der Waals surface area contributed by atoms with Gasteiger partial charge in [-0.15, -0.1) is 0 Å². The lowest BCUT2D eigenvalue weighted by molar-refractivity contribution is 0.561. The molecule has 0 saturated carbocycles. The van der Waals surface area contributed by atoms with E-state index in [2.05, 4.69) is 26.9 Å². The third kappa shape index (κ3) is 2.14. The molecule has 0 aliphatic rings. The highest BCUT2D eigenvalue weighted by atomic mass is 16.3. The minimum atomic E-state index is 0.173. The van der Waals surface area contributed by atoms with Gasteiger partial charge in [0.25, 0.3) is 0 Å². The van der Waals surface area contributed by atoms with E-state index in [1.807, 2.05) is 18.2 Å². The van der Waals surface area contributed by atoms with Crippen LogP contribution in [0.2, 0.25) is 0 Å². The van der Waals surface area contributed by atoms with E-state index in [0.717, 1.165) is 16.7 Å². The van der Waals surface area contributed by atoms with Gasteiger partial charge in [0.15, 0.2) is 11.5 Å². The Morgan fingerprint density at radius 2 is 2.44 bits per heavy atom. The van der Waals surface area contributed by atoms with Gasteiger partial charge in [0, 0.05) is 17.4 Å². The van der Waals surface area contributed by atoms with E-state index < -0.39 is 0 Å². The minimum Gasteiger partial charge on any atom is -0.441 e. The normalized spacial score (nSPS) is 9.31. The van der Waals surface area contributed by atoms with Crippen LogP contribution in [0.4, 0.5) is 0 Å². The summed E-state index contributed by atoms with van der Waals surface area (Å²) >= 11 is 0. The second kappa shape index (κ2) is 4.39. The molecule has 0 saturated heterocycles. The van der Waals surface area contributed by atoms with Crippen LogP contribution in [0, 0.1) is 18.8 Å². The van der Waals surface area contributed by atoms with E-state index in [1.54, 1.807) is 6.92 Å². The van der Waals surface area contributed by atoms with Crippen molar-refractivity contribution in [3.05, 3.63) is 40.1 Å². The van der Waals surface area contributed by atoms with Crippen molar-refractivity contribution < 1.29 is 4.42 Å². The molecule has 0 aliphatic carbocycles. The molecule has 0 aliphatic heterocycles. The number of hydrogen-bond acceptors (Lipinski definition) is 3. The lowest BCUT2D eigenvalue weighted by atomic mass is 10.2. The van der Waals surface area contributed by atoms with Gasteiger partial charge in [-0.1, -0.05) is 17.0 Å². The van der Waals surface area contributed by atoms with Gasteiger partial charge in [-0.05, 0) is 23.7 Å². The molecule has 5 heteroatoms. The van der Waals surface area contributed by atoms with E-state index in [1.165, 1.54) is 0 Å². The number of fused-ring (bicyclic) bond motifs is 1. The standard InChI is InChI=1S/C11H8N4O/c1-8-14-10-7-9(3-2-6-13-15-12)4-5-11(10)16-8/h4-5,7H,6H2,1H3. The molecule has 5 nitrogen and oxygen atoms in total. The van der Waals surface area contributed by atoms with Crippen LogP contribution in [-0.2, 0) is 0 Å². The van der Waals surface area contributed by atoms with E-state index in [4.69, 9.17) is 9.95 Å². The first-order valence-corrected chi connectivity index (χ1v) is 4.66. The molecule has 0 radical (unpaired) electrons. The Bertz CT molecular complexity index is 626. The Labute approximate surface area is 91.7 Å². The first kappa shape index (κ1) is 10.1. The Balaban J connectivity index is 2.30. The molecule has 0 bridgehead atoms. The fourth-order valence-electron chi connectivity index (χ4n) is 1.33. The molecule has 2 aromatic rings. The Kier molecular flexibility index (Phi) is 2.77. The van der Waals surface area contributed by atoms with Gasteiger partial charge < -0.3 is 4.42 Å². The lowest BCUT2D eigenvalue weighted by Crippen LogP contribution is -1.76. The predicted molar refractivity (Wildman–Crippen MR) is 59.6 cm³/mol. The molecule has 16 heavy (non-hydrogen) atoms. The molecular formula is C11H8N4O. The van der Waals surface area contributed by atoms with E-state index in [-0.39, 0.29) is 6.54 Å². The van der Waals surface area contributed by atoms with Gasteiger partial charge in [0.2, 0.25) is 0 Å². The molecule has 0 fully saturated rings. The molecule has 0 amide bonds. The zero-order chi connectivity index (χ0) is 11.4. The molecule has 0 spiro atoms. The topological polar surface area (TPSA) is 74.8 Å². The second-order valence-corrected chi connectivity index (χ2v) is 3.11. The molecule has 1 aromatic heterocycles. The predicted octanol–water partition coefficient (Wildman–Crippen LogP) is 2.80. The summed E-state index contributed by atoms with van der Waals surface area (Å²) in [4.78, 5) is 6.82. The molecule has 0 unspecified atom stereocenters. The first-order valence-electron chi connectivity index (χ1n) is 4.66. The maximum atomic E-state index is 8.08. The maximum absolute atomic E-state index is 8.08. The van der Waals surface area contributed by atoms with Crippen molar-refractivity contribution in [2.24, 2.45) is 5.11 Å². The van der Waals surface area contributed by atoms with E-state index in [0.29, 0.717) is 5.89 Å². The fourth-order valence-corrected chi connectivity index (χ4v) is 1.33. The van der Waals surface area contributed by atoms with E-state index in [9.17, 15) is 0 Å². The van der Waals surface area contributed by atoms with Crippen LogP contribution in [0.3, 0.4) is 0 Å². The Hall–Kier alpha value is -2.44. The van der Waals surface area contributed by atoms with Gasteiger partial charge in [-0.2, -0.15) is 0 Å². The Morgan fingerprint density at radius 1 is 1.56 bits per heavy atom. The van der Waals surface area contributed by atoms with Gasteiger partial charge in [0.05, 0.1) is 6.54 Å². The largest absolute Gasteiger partial charge is 0.441 e. The zero-order valence-corrected chi connectivity index (χ0v) is 8.64. The van der Waals surface area contributed by atoms with Gasteiger partial charge >= 0.3 is 0 Å². The van der Waals surface area contributed by atoms with Crippen molar-refractivity contribution in [3.63, 3.8) is 0 Å². The van der Waals surface area contributed by atoms with Crippen molar-refractivity contribution in [1.82, 2.24) is 4.98 Å². The fraction of sp³-hybridized carbons (Fsp3) is 0.182. The van der Waals surface area contributed by atoms with Crippen LogP contribution in [0.1, 0.15) is 11.5 Å². The number of azide groups is 1. The summed E-state index contributed by atoms with van der Waals surface area (Å²) in [5.41, 5.74) is 10.4. The van der Waals surface area contributed by atoms with Crippen LogP contribution in [0.25, 0.3) is 21.5 Å². The van der Waals surface area contributed by atoms with Gasteiger partial charge in [0.1, 0.15) is 5.52 Å².